The van der Waals surface area contributed by atoms with Crippen LogP contribution in [0.2, 0.25) is 0 Å². The molecule has 0 amide bonds. The van der Waals surface area contributed by atoms with Crippen molar-refractivity contribution in [3.8, 4) is 22.9 Å². The van der Waals surface area contributed by atoms with Crippen LogP contribution in [0.25, 0.3) is 22.4 Å². The van der Waals surface area contributed by atoms with Crippen LogP contribution in [0.15, 0.2) is 47.3 Å². The molecule has 0 fully saturated rings. The van der Waals surface area contributed by atoms with Gasteiger partial charge in [-0.05, 0) is 48.6 Å². The van der Waals surface area contributed by atoms with Gasteiger partial charge >= 0.3 is 0 Å². The van der Waals surface area contributed by atoms with Crippen LogP contribution in [0.5, 0.6) is 11.5 Å². The molecule has 0 saturated carbocycles. The van der Waals surface area contributed by atoms with Crippen molar-refractivity contribution in [2.75, 3.05) is 13.7 Å². The summed E-state index contributed by atoms with van der Waals surface area (Å²) in [6, 6.07) is 13.5. The van der Waals surface area contributed by atoms with Gasteiger partial charge in [0.05, 0.1) is 18.2 Å². The van der Waals surface area contributed by atoms with Gasteiger partial charge in [-0.15, -0.1) is 5.10 Å². The molecule has 4 aromatic rings. The van der Waals surface area contributed by atoms with Crippen molar-refractivity contribution in [2.24, 2.45) is 5.92 Å². The summed E-state index contributed by atoms with van der Waals surface area (Å²) in [4.78, 5) is 18.0. The molecule has 0 atom stereocenters. The molecule has 6 nitrogen and oxygen atoms in total. The van der Waals surface area contributed by atoms with E-state index in [1.54, 1.807) is 7.11 Å². The summed E-state index contributed by atoms with van der Waals surface area (Å²) in [5.74, 6) is 2.49. The first-order valence-corrected chi connectivity index (χ1v) is 11.1. The Morgan fingerprint density at radius 1 is 1.16 bits per heavy atom. The molecule has 0 aliphatic heterocycles. The van der Waals surface area contributed by atoms with Crippen LogP contribution in [0.3, 0.4) is 0 Å². The quantitative estimate of drug-likeness (QED) is 0.437. The first kappa shape index (κ1) is 21.1. The highest BCUT2D eigenvalue weighted by atomic mass is 32.1. The number of rotatable bonds is 7. The standard InChI is InChI=1S/C24H25N3O3S/c1-15(2)11-12-30-19-10-9-17(13-20(19)29-4)14-21-23(28)27-24(31-21)25-22(26-27)18-8-6-5-7-16(18)3/h5-10,13-15H,11-12H2,1-4H3/b21-14-. The molecule has 0 bridgehead atoms. The number of hydrogen-bond acceptors (Lipinski definition) is 6. The van der Waals surface area contributed by atoms with Gasteiger partial charge in [0.25, 0.3) is 5.56 Å². The molecule has 0 saturated heterocycles. The third kappa shape index (κ3) is 4.46. The van der Waals surface area contributed by atoms with E-state index in [0.29, 0.717) is 39.3 Å². The van der Waals surface area contributed by atoms with Crippen LogP contribution in [0.4, 0.5) is 0 Å². The number of nitrogens with zero attached hydrogens (tertiary/aromatic N) is 3. The van der Waals surface area contributed by atoms with E-state index in [1.165, 1.54) is 15.9 Å². The second kappa shape index (κ2) is 8.89. The highest BCUT2D eigenvalue weighted by Crippen LogP contribution is 2.28. The predicted octanol–water partition coefficient (Wildman–Crippen LogP) is 4.11. The van der Waals surface area contributed by atoms with E-state index in [4.69, 9.17) is 9.47 Å². The zero-order valence-corrected chi connectivity index (χ0v) is 18.9. The second-order valence-electron chi connectivity index (χ2n) is 7.80. The summed E-state index contributed by atoms with van der Waals surface area (Å²) in [6.45, 7) is 6.97. The summed E-state index contributed by atoms with van der Waals surface area (Å²) < 4.78 is 13.3. The molecule has 0 aliphatic rings. The molecule has 2 aromatic carbocycles. The topological polar surface area (TPSA) is 65.7 Å². The zero-order chi connectivity index (χ0) is 22.0. The molecular formula is C24H25N3O3S. The molecule has 0 spiro atoms. The lowest BCUT2D eigenvalue weighted by Crippen LogP contribution is -2.23. The molecule has 4 rings (SSSR count). The fourth-order valence-corrected chi connectivity index (χ4v) is 4.13. The van der Waals surface area contributed by atoms with Gasteiger partial charge in [-0.25, -0.2) is 0 Å². The number of fused-ring (bicyclic) bond motifs is 1. The lowest BCUT2D eigenvalue weighted by Gasteiger charge is -2.12. The average molecular weight is 436 g/mol. The molecule has 0 aliphatic carbocycles. The fraction of sp³-hybridized carbons (Fsp3) is 0.292. The van der Waals surface area contributed by atoms with Gasteiger partial charge in [0.2, 0.25) is 4.96 Å². The van der Waals surface area contributed by atoms with Gasteiger partial charge in [-0.2, -0.15) is 9.50 Å². The van der Waals surface area contributed by atoms with Crippen molar-refractivity contribution in [3.05, 3.63) is 68.5 Å². The normalized spacial score (nSPS) is 12.1. The molecule has 0 N–H and O–H groups in total. The minimum absolute atomic E-state index is 0.177. The van der Waals surface area contributed by atoms with E-state index in [9.17, 15) is 4.79 Å². The number of aromatic nitrogens is 3. The van der Waals surface area contributed by atoms with E-state index in [0.717, 1.165) is 23.1 Å². The Hall–Kier alpha value is -3.19. The maximum Gasteiger partial charge on any atom is 0.291 e. The summed E-state index contributed by atoms with van der Waals surface area (Å²) in [5, 5.41) is 4.44. The number of aryl methyl sites for hydroxylation is 1. The van der Waals surface area contributed by atoms with Crippen molar-refractivity contribution < 1.29 is 9.47 Å². The molecule has 2 aromatic heterocycles. The first-order chi connectivity index (χ1) is 15.0. The smallest absolute Gasteiger partial charge is 0.291 e. The number of methoxy groups -OCH3 is 1. The Labute approximate surface area is 184 Å². The second-order valence-corrected chi connectivity index (χ2v) is 8.81. The molecule has 31 heavy (non-hydrogen) atoms. The first-order valence-electron chi connectivity index (χ1n) is 10.2. The monoisotopic (exact) mass is 435 g/mol. The van der Waals surface area contributed by atoms with E-state index < -0.39 is 0 Å². The van der Waals surface area contributed by atoms with Gasteiger partial charge in [0.1, 0.15) is 0 Å². The number of benzene rings is 2. The van der Waals surface area contributed by atoms with E-state index in [1.807, 2.05) is 55.5 Å². The van der Waals surface area contributed by atoms with Crippen molar-refractivity contribution in [1.82, 2.24) is 14.6 Å². The van der Waals surface area contributed by atoms with Crippen LogP contribution < -0.4 is 19.6 Å². The zero-order valence-electron chi connectivity index (χ0n) is 18.1. The summed E-state index contributed by atoms with van der Waals surface area (Å²) >= 11 is 1.32. The number of hydrogen-bond donors (Lipinski definition) is 0. The van der Waals surface area contributed by atoms with Crippen LogP contribution in [0, 0.1) is 12.8 Å². The highest BCUT2D eigenvalue weighted by Gasteiger charge is 2.13. The van der Waals surface area contributed by atoms with Gasteiger partial charge in [-0.1, -0.05) is 55.5 Å². The Bertz CT molecular complexity index is 1320. The number of ether oxygens (including phenoxy) is 2. The Morgan fingerprint density at radius 3 is 2.68 bits per heavy atom. The van der Waals surface area contributed by atoms with Crippen LogP contribution >= 0.6 is 11.3 Å². The summed E-state index contributed by atoms with van der Waals surface area (Å²) in [5.41, 5.74) is 2.68. The van der Waals surface area contributed by atoms with Crippen LogP contribution in [-0.2, 0) is 0 Å². The van der Waals surface area contributed by atoms with Crippen LogP contribution in [-0.4, -0.2) is 28.3 Å². The highest BCUT2D eigenvalue weighted by molar-refractivity contribution is 7.15. The van der Waals surface area contributed by atoms with E-state index in [2.05, 4.69) is 23.9 Å². The molecule has 0 radical (unpaired) electrons. The van der Waals surface area contributed by atoms with Crippen molar-refractivity contribution in [3.63, 3.8) is 0 Å². The lowest BCUT2D eigenvalue weighted by atomic mass is 10.1. The Morgan fingerprint density at radius 2 is 1.97 bits per heavy atom. The molecular weight excluding hydrogens is 410 g/mol. The van der Waals surface area contributed by atoms with Crippen molar-refractivity contribution in [1.29, 1.82) is 0 Å². The minimum Gasteiger partial charge on any atom is -0.493 e. The average Bonchev–Trinajstić information content (AvgIpc) is 3.28. The fourth-order valence-electron chi connectivity index (χ4n) is 3.22. The Kier molecular flexibility index (Phi) is 6.04. The minimum atomic E-state index is -0.177. The van der Waals surface area contributed by atoms with Gasteiger partial charge < -0.3 is 9.47 Å². The van der Waals surface area contributed by atoms with Crippen molar-refractivity contribution in [2.45, 2.75) is 27.2 Å². The van der Waals surface area contributed by atoms with E-state index in [-0.39, 0.29) is 5.56 Å². The summed E-state index contributed by atoms with van der Waals surface area (Å²) in [7, 11) is 1.61. The molecule has 7 heteroatoms. The molecule has 0 unspecified atom stereocenters. The molecule has 2 heterocycles. The number of thiazole rings is 1. The largest absolute Gasteiger partial charge is 0.493 e. The third-order valence-electron chi connectivity index (χ3n) is 5.01. The maximum atomic E-state index is 12.9. The molecule has 160 valence electrons. The lowest BCUT2D eigenvalue weighted by molar-refractivity contribution is 0.273. The SMILES string of the molecule is COc1cc(/C=c2\sc3nc(-c4ccccc4C)nn3c2=O)ccc1OCCC(C)C. The van der Waals surface area contributed by atoms with Gasteiger partial charge in [-0.3, -0.25) is 4.79 Å². The van der Waals surface area contributed by atoms with Gasteiger partial charge in [0, 0.05) is 5.56 Å². The third-order valence-corrected chi connectivity index (χ3v) is 5.97. The predicted molar refractivity (Wildman–Crippen MR) is 124 cm³/mol. The van der Waals surface area contributed by atoms with Gasteiger partial charge in [0.15, 0.2) is 17.3 Å². The Balaban J connectivity index is 1.65. The van der Waals surface area contributed by atoms with Crippen molar-refractivity contribution >= 4 is 22.4 Å². The van der Waals surface area contributed by atoms with E-state index >= 15 is 0 Å². The van der Waals surface area contributed by atoms with Crippen LogP contribution in [0.1, 0.15) is 31.4 Å². The maximum absolute atomic E-state index is 12.9. The summed E-state index contributed by atoms with van der Waals surface area (Å²) in [6.07, 6.45) is 2.81.